The molecule has 0 unspecified atom stereocenters. The van der Waals surface area contributed by atoms with Gasteiger partial charge in [0.15, 0.2) is 0 Å². The van der Waals surface area contributed by atoms with Gasteiger partial charge < -0.3 is 0 Å². The predicted octanol–water partition coefficient (Wildman–Crippen LogP) is 0.658. The first-order valence-electron chi connectivity index (χ1n) is 4.78. The molecule has 0 bridgehead atoms. The van der Waals surface area contributed by atoms with Crippen LogP contribution in [0.2, 0.25) is 0 Å². The third-order valence-corrected chi connectivity index (χ3v) is 3.08. The highest BCUT2D eigenvalue weighted by molar-refractivity contribution is 7.11. The number of nitrogens with zero attached hydrogens (tertiary/aromatic N) is 2. The molecular weight excluding hydrogens is 226 g/mol. The first-order chi connectivity index (χ1) is 7.56. The Labute approximate surface area is 95.4 Å². The van der Waals surface area contributed by atoms with Crippen molar-refractivity contribution in [2.24, 2.45) is 0 Å². The van der Waals surface area contributed by atoms with Crippen molar-refractivity contribution in [3.8, 4) is 0 Å². The summed E-state index contributed by atoms with van der Waals surface area (Å²) in [5, 5.41) is 0.962. The summed E-state index contributed by atoms with van der Waals surface area (Å²) in [5.74, 6) is 0. The lowest BCUT2D eigenvalue weighted by Gasteiger charge is -2.02. The first kappa shape index (κ1) is 10.8. The van der Waals surface area contributed by atoms with Crippen LogP contribution in [-0.4, -0.2) is 14.5 Å². The SMILES string of the molecule is Cc1ncc(Cn2cc(C)c(=O)[nH]c2=O)s1. The summed E-state index contributed by atoms with van der Waals surface area (Å²) in [6.45, 7) is 4.03. The van der Waals surface area contributed by atoms with Gasteiger partial charge in [0.1, 0.15) is 0 Å². The van der Waals surface area contributed by atoms with E-state index in [1.165, 1.54) is 15.9 Å². The van der Waals surface area contributed by atoms with E-state index in [1.54, 1.807) is 19.3 Å². The molecule has 0 aliphatic rings. The molecule has 0 aliphatic carbocycles. The number of hydrogen-bond acceptors (Lipinski definition) is 4. The molecular formula is C10H11N3O2S. The van der Waals surface area contributed by atoms with Crippen LogP contribution in [0.15, 0.2) is 22.0 Å². The average Bonchev–Trinajstić information content (AvgIpc) is 2.60. The minimum absolute atomic E-state index is 0.332. The summed E-state index contributed by atoms with van der Waals surface area (Å²) in [7, 11) is 0. The molecule has 84 valence electrons. The molecule has 1 N–H and O–H groups in total. The van der Waals surface area contributed by atoms with E-state index in [1.807, 2.05) is 6.92 Å². The fourth-order valence-corrected chi connectivity index (χ4v) is 2.18. The lowest BCUT2D eigenvalue weighted by Crippen LogP contribution is -2.30. The van der Waals surface area contributed by atoms with Crippen molar-refractivity contribution < 1.29 is 0 Å². The molecule has 0 radical (unpaired) electrons. The van der Waals surface area contributed by atoms with Gasteiger partial charge in [0, 0.05) is 22.8 Å². The van der Waals surface area contributed by atoms with Crippen molar-refractivity contribution in [3.05, 3.63) is 48.7 Å². The second-order valence-corrected chi connectivity index (χ2v) is 4.86. The van der Waals surface area contributed by atoms with Crippen LogP contribution < -0.4 is 11.2 Å². The summed E-state index contributed by atoms with van der Waals surface area (Å²) < 4.78 is 1.48. The Balaban J connectivity index is 2.39. The number of aromatic nitrogens is 3. The van der Waals surface area contributed by atoms with Crippen molar-refractivity contribution in [2.75, 3.05) is 0 Å². The second kappa shape index (κ2) is 4.05. The van der Waals surface area contributed by atoms with Gasteiger partial charge in [-0.15, -0.1) is 11.3 Å². The number of thiazole rings is 1. The first-order valence-corrected chi connectivity index (χ1v) is 5.59. The summed E-state index contributed by atoms with van der Waals surface area (Å²) >= 11 is 1.54. The van der Waals surface area contributed by atoms with E-state index in [2.05, 4.69) is 9.97 Å². The number of H-pyrrole nitrogens is 1. The van der Waals surface area contributed by atoms with E-state index in [-0.39, 0.29) is 11.2 Å². The van der Waals surface area contributed by atoms with Gasteiger partial charge in [-0.2, -0.15) is 0 Å². The molecule has 2 rings (SSSR count). The molecule has 0 atom stereocenters. The van der Waals surface area contributed by atoms with Gasteiger partial charge in [0.05, 0.1) is 11.6 Å². The smallest absolute Gasteiger partial charge is 0.295 e. The topological polar surface area (TPSA) is 67.8 Å². The Morgan fingerprint density at radius 3 is 2.81 bits per heavy atom. The Morgan fingerprint density at radius 2 is 2.19 bits per heavy atom. The maximum Gasteiger partial charge on any atom is 0.328 e. The van der Waals surface area contributed by atoms with Crippen LogP contribution in [0.5, 0.6) is 0 Å². The van der Waals surface area contributed by atoms with Crippen molar-refractivity contribution >= 4 is 11.3 Å². The highest BCUT2D eigenvalue weighted by Gasteiger charge is 2.03. The maximum absolute atomic E-state index is 11.5. The Hall–Kier alpha value is -1.69. The molecule has 0 fully saturated rings. The van der Waals surface area contributed by atoms with Crippen LogP contribution in [0.25, 0.3) is 0 Å². The summed E-state index contributed by atoms with van der Waals surface area (Å²) in [6.07, 6.45) is 3.31. The third kappa shape index (κ3) is 2.11. The molecule has 2 heterocycles. The van der Waals surface area contributed by atoms with Gasteiger partial charge in [-0.3, -0.25) is 14.3 Å². The molecule has 2 aromatic heterocycles. The molecule has 0 saturated heterocycles. The fraction of sp³-hybridized carbons (Fsp3) is 0.300. The van der Waals surface area contributed by atoms with E-state index in [0.29, 0.717) is 12.1 Å². The predicted molar refractivity (Wildman–Crippen MR) is 62.0 cm³/mol. The zero-order chi connectivity index (χ0) is 11.7. The molecule has 0 aliphatic heterocycles. The van der Waals surface area contributed by atoms with Crippen LogP contribution in [0.3, 0.4) is 0 Å². The number of hydrogen-bond donors (Lipinski definition) is 1. The third-order valence-electron chi connectivity index (χ3n) is 2.18. The van der Waals surface area contributed by atoms with Gasteiger partial charge in [0.25, 0.3) is 5.56 Å². The van der Waals surface area contributed by atoms with Crippen LogP contribution in [0.1, 0.15) is 15.4 Å². The highest BCUT2D eigenvalue weighted by atomic mass is 32.1. The number of aromatic amines is 1. The average molecular weight is 237 g/mol. The molecule has 5 nitrogen and oxygen atoms in total. The van der Waals surface area contributed by atoms with Crippen molar-refractivity contribution in [1.82, 2.24) is 14.5 Å². The lowest BCUT2D eigenvalue weighted by atomic mass is 10.4. The van der Waals surface area contributed by atoms with Gasteiger partial charge in [-0.25, -0.2) is 9.78 Å². The van der Waals surface area contributed by atoms with Gasteiger partial charge in [-0.05, 0) is 13.8 Å². The van der Waals surface area contributed by atoms with Crippen molar-refractivity contribution in [1.29, 1.82) is 0 Å². The van der Waals surface area contributed by atoms with E-state index in [0.717, 1.165) is 9.88 Å². The molecule has 0 amide bonds. The summed E-state index contributed by atoms with van der Waals surface area (Å²) in [6, 6.07) is 0. The van der Waals surface area contributed by atoms with Crippen LogP contribution >= 0.6 is 11.3 Å². The molecule has 0 saturated carbocycles. The second-order valence-electron chi connectivity index (χ2n) is 3.54. The van der Waals surface area contributed by atoms with Gasteiger partial charge in [0.2, 0.25) is 0 Å². The van der Waals surface area contributed by atoms with E-state index in [4.69, 9.17) is 0 Å². The lowest BCUT2D eigenvalue weighted by molar-refractivity contribution is 0.720. The van der Waals surface area contributed by atoms with Crippen LogP contribution in [-0.2, 0) is 6.54 Å². The molecule has 0 spiro atoms. The van der Waals surface area contributed by atoms with E-state index >= 15 is 0 Å². The fourth-order valence-electron chi connectivity index (χ4n) is 1.38. The maximum atomic E-state index is 11.5. The summed E-state index contributed by atoms with van der Waals surface area (Å²) in [5.41, 5.74) is -0.191. The number of rotatable bonds is 2. The number of nitrogens with one attached hydrogen (secondary N) is 1. The van der Waals surface area contributed by atoms with E-state index in [9.17, 15) is 9.59 Å². The van der Waals surface area contributed by atoms with Gasteiger partial charge >= 0.3 is 5.69 Å². The van der Waals surface area contributed by atoms with Crippen LogP contribution in [0, 0.1) is 13.8 Å². The zero-order valence-corrected chi connectivity index (χ0v) is 9.80. The zero-order valence-electron chi connectivity index (χ0n) is 8.98. The summed E-state index contributed by atoms with van der Waals surface area (Å²) in [4.78, 5) is 30.0. The Morgan fingerprint density at radius 1 is 1.44 bits per heavy atom. The highest BCUT2D eigenvalue weighted by Crippen LogP contribution is 2.11. The van der Waals surface area contributed by atoms with E-state index < -0.39 is 0 Å². The van der Waals surface area contributed by atoms with Gasteiger partial charge in [-0.1, -0.05) is 0 Å². The van der Waals surface area contributed by atoms with Crippen molar-refractivity contribution in [3.63, 3.8) is 0 Å². The standard InChI is InChI=1S/C10H11N3O2S/c1-6-4-13(10(15)12-9(6)14)5-8-3-11-7(2)16-8/h3-4H,5H2,1-2H3,(H,12,14,15). The van der Waals surface area contributed by atoms with Crippen molar-refractivity contribution in [2.45, 2.75) is 20.4 Å². The monoisotopic (exact) mass is 237 g/mol. The number of aryl methyl sites for hydroxylation is 2. The quantitative estimate of drug-likeness (QED) is 0.834. The minimum atomic E-state index is -0.387. The Kier molecular flexibility index (Phi) is 2.74. The largest absolute Gasteiger partial charge is 0.328 e. The van der Waals surface area contributed by atoms with Crippen LogP contribution in [0.4, 0.5) is 0 Å². The normalized spacial score (nSPS) is 10.6. The minimum Gasteiger partial charge on any atom is -0.295 e. The molecule has 0 aromatic carbocycles. The molecule has 16 heavy (non-hydrogen) atoms. The molecule has 2 aromatic rings. The Bertz CT molecular complexity index is 623. The molecule has 6 heteroatoms.